The Labute approximate surface area is 139 Å². The third-order valence-electron chi connectivity index (χ3n) is 3.70. The fourth-order valence-electron chi connectivity index (χ4n) is 2.46. The minimum absolute atomic E-state index is 0.0226. The van der Waals surface area contributed by atoms with E-state index in [0.29, 0.717) is 6.29 Å². The first-order valence-electron chi connectivity index (χ1n) is 6.98. The van der Waals surface area contributed by atoms with Crippen molar-refractivity contribution >= 4 is 29.3 Å². The van der Waals surface area contributed by atoms with E-state index >= 15 is 0 Å². The molecular weight excluding hydrogens is 330 g/mol. The van der Waals surface area contributed by atoms with Crippen molar-refractivity contribution in [3.05, 3.63) is 46.8 Å². The van der Waals surface area contributed by atoms with Crippen LogP contribution < -0.4 is 0 Å². The minimum atomic E-state index is -1.39. The van der Waals surface area contributed by atoms with Gasteiger partial charge in [0.05, 0.1) is 33.5 Å². The zero-order chi connectivity index (χ0) is 18.3. The van der Waals surface area contributed by atoms with Crippen LogP contribution in [0.2, 0.25) is 0 Å². The Balaban J connectivity index is 2.23. The number of fused-ring (bicyclic) bond motifs is 1. The Bertz CT molecular complexity index is 1050. The van der Waals surface area contributed by atoms with Gasteiger partial charge in [-0.05, 0) is 25.1 Å². The summed E-state index contributed by atoms with van der Waals surface area (Å²) in [5, 5.41) is 32.6. The van der Waals surface area contributed by atoms with Crippen LogP contribution in [-0.4, -0.2) is 48.3 Å². The fourth-order valence-corrected chi connectivity index (χ4v) is 2.46. The SMILES string of the molecule is Cc1nc2nn(-c3ccc(C(=O)O)c(C(=O)O)c3)cc2c(C=O)c1O. The zero-order valence-corrected chi connectivity index (χ0v) is 12.8. The second-order valence-corrected chi connectivity index (χ2v) is 5.23. The highest BCUT2D eigenvalue weighted by atomic mass is 16.4. The maximum absolute atomic E-state index is 11.3. The van der Waals surface area contributed by atoms with Gasteiger partial charge in [-0.1, -0.05) is 0 Å². The summed E-state index contributed by atoms with van der Waals surface area (Å²) in [6.07, 6.45) is 1.89. The van der Waals surface area contributed by atoms with E-state index in [2.05, 4.69) is 10.1 Å². The number of aldehydes is 1. The molecule has 0 saturated heterocycles. The van der Waals surface area contributed by atoms with Crippen molar-refractivity contribution < 1.29 is 29.7 Å². The lowest BCUT2D eigenvalue weighted by Gasteiger charge is -2.05. The average molecular weight is 341 g/mol. The summed E-state index contributed by atoms with van der Waals surface area (Å²) in [6.45, 7) is 1.52. The summed E-state index contributed by atoms with van der Waals surface area (Å²) in [5.74, 6) is -3.01. The lowest BCUT2D eigenvalue weighted by Crippen LogP contribution is -2.09. The Morgan fingerprint density at radius 1 is 1.16 bits per heavy atom. The number of hydrogen-bond acceptors (Lipinski definition) is 6. The summed E-state index contributed by atoms with van der Waals surface area (Å²) in [4.78, 5) is 37.7. The molecule has 0 radical (unpaired) electrons. The molecule has 0 fully saturated rings. The molecule has 126 valence electrons. The molecule has 0 atom stereocenters. The molecule has 0 aliphatic carbocycles. The number of pyridine rings is 1. The quantitative estimate of drug-likeness (QED) is 0.608. The van der Waals surface area contributed by atoms with Crippen LogP contribution in [0.3, 0.4) is 0 Å². The highest BCUT2D eigenvalue weighted by Crippen LogP contribution is 2.27. The Morgan fingerprint density at radius 3 is 2.44 bits per heavy atom. The van der Waals surface area contributed by atoms with Crippen molar-refractivity contribution in [3.63, 3.8) is 0 Å². The zero-order valence-electron chi connectivity index (χ0n) is 12.8. The maximum atomic E-state index is 11.3. The number of carbonyl (C=O) groups excluding carboxylic acids is 1. The second kappa shape index (κ2) is 5.71. The Kier molecular flexibility index (Phi) is 3.68. The lowest BCUT2D eigenvalue weighted by atomic mass is 10.1. The monoisotopic (exact) mass is 341 g/mol. The van der Waals surface area contributed by atoms with E-state index in [4.69, 9.17) is 5.11 Å². The molecule has 1 aromatic carbocycles. The molecule has 3 N–H and O–H groups in total. The van der Waals surface area contributed by atoms with Crippen molar-refractivity contribution in [2.75, 3.05) is 0 Å². The third kappa shape index (κ3) is 2.57. The van der Waals surface area contributed by atoms with Crippen LogP contribution in [0.1, 0.15) is 36.8 Å². The molecule has 2 aromatic heterocycles. The molecule has 0 spiro atoms. The Morgan fingerprint density at radius 2 is 1.84 bits per heavy atom. The van der Waals surface area contributed by atoms with Gasteiger partial charge in [0.25, 0.3) is 0 Å². The molecule has 3 aromatic rings. The van der Waals surface area contributed by atoms with Crippen molar-refractivity contribution in [1.82, 2.24) is 14.8 Å². The van der Waals surface area contributed by atoms with Crippen LogP contribution in [0.15, 0.2) is 24.4 Å². The Hall–Kier alpha value is -3.75. The predicted molar refractivity (Wildman–Crippen MR) is 84.6 cm³/mol. The smallest absolute Gasteiger partial charge is 0.336 e. The van der Waals surface area contributed by atoms with Gasteiger partial charge in [-0.15, -0.1) is 5.10 Å². The minimum Gasteiger partial charge on any atom is -0.505 e. The van der Waals surface area contributed by atoms with Gasteiger partial charge in [0, 0.05) is 6.20 Å². The van der Waals surface area contributed by atoms with Gasteiger partial charge in [0.1, 0.15) is 5.75 Å². The summed E-state index contributed by atoms with van der Waals surface area (Å²) < 4.78 is 1.27. The molecular formula is C16H11N3O6. The normalized spacial score (nSPS) is 10.8. The molecule has 0 bridgehead atoms. The number of carboxylic acid groups (broad SMARTS) is 2. The maximum Gasteiger partial charge on any atom is 0.336 e. The molecule has 0 aliphatic heterocycles. The van der Waals surface area contributed by atoms with Crippen LogP contribution in [0.5, 0.6) is 5.75 Å². The van der Waals surface area contributed by atoms with E-state index < -0.39 is 17.5 Å². The molecule has 0 amide bonds. The van der Waals surface area contributed by atoms with Gasteiger partial charge in [0.2, 0.25) is 0 Å². The van der Waals surface area contributed by atoms with E-state index in [0.717, 1.165) is 12.1 Å². The van der Waals surface area contributed by atoms with Gasteiger partial charge >= 0.3 is 11.9 Å². The summed E-state index contributed by atoms with van der Waals surface area (Å²) in [5.41, 5.74) is -0.0343. The molecule has 0 saturated carbocycles. The summed E-state index contributed by atoms with van der Waals surface area (Å²) in [6, 6.07) is 3.70. The van der Waals surface area contributed by atoms with Crippen molar-refractivity contribution in [1.29, 1.82) is 0 Å². The van der Waals surface area contributed by atoms with Crippen LogP contribution in [0, 0.1) is 6.92 Å². The van der Waals surface area contributed by atoms with E-state index in [1.54, 1.807) is 0 Å². The van der Waals surface area contributed by atoms with E-state index in [1.807, 2.05) is 0 Å². The largest absolute Gasteiger partial charge is 0.505 e. The van der Waals surface area contributed by atoms with Gasteiger partial charge < -0.3 is 15.3 Å². The first-order chi connectivity index (χ1) is 11.8. The number of carboxylic acids is 2. The number of benzene rings is 1. The third-order valence-corrected chi connectivity index (χ3v) is 3.70. The molecule has 0 aliphatic rings. The number of nitrogens with zero attached hydrogens (tertiary/aromatic N) is 3. The highest BCUT2D eigenvalue weighted by molar-refractivity contribution is 6.02. The van der Waals surface area contributed by atoms with Crippen LogP contribution >= 0.6 is 0 Å². The second-order valence-electron chi connectivity index (χ2n) is 5.23. The summed E-state index contributed by atoms with van der Waals surface area (Å²) >= 11 is 0. The average Bonchev–Trinajstić information content (AvgIpc) is 2.98. The fraction of sp³-hybridized carbons (Fsp3) is 0.0625. The molecule has 9 nitrogen and oxygen atoms in total. The lowest BCUT2D eigenvalue weighted by molar-refractivity contribution is 0.0651. The van der Waals surface area contributed by atoms with Gasteiger partial charge in [0.15, 0.2) is 11.9 Å². The molecule has 9 heteroatoms. The summed E-state index contributed by atoms with van der Waals surface area (Å²) in [7, 11) is 0. The number of aryl methyl sites for hydroxylation is 1. The van der Waals surface area contributed by atoms with E-state index in [-0.39, 0.29) is 39.3 Å². The molecule has 3 rings (SSSR count). The highest BCUT2D eigenvalue weighted by Gasteiger charge is 2.19. The van der Waals surface area contributed by atoms with E-state index in [9.17, 15) is 24.6 Å². The predicted octanol–water partition coefficient (Wildman–Crippen LogP) is 1.64. The van der Waals surface area contributed by atoms with Crippen LogP contribution in [0.25, 0.3) is 16.7 Å². The number of hydrogen-bond donors (Lipinski definition) is 3. The van der Waals surface area contributed by atoms with Gasteiger partial charge in [-0.25, -0.2) is 19.3 Å². The molecule has 0 unspecified atom stereocenters. The van der Waals surface area contributed by atoms with E-state index in [1.165, 1.54) is 23.9 Å². The van der Waals surface area contributed by atoms with Crippen LogP contribution in [0.4, 0.5) is 0 Å². The van der Waals surface area contributed by atoms with Crippen molar-refractivity contribution in [3.8, 4) is 11.4 Å². The van der Waals surface area contributed by atoms with Crippen LogP contribution in [-0.2, 0) is 0 Å². The number of aromatic nitrogens is 3. The molecule has 25 heavy (non-hydrogen) atoms. The standard InChI is InChI=1S/C16H11N3O6/c1-7-13(21)12(6-20)11-5-19(18-14(11)17-7)8-2-3-9(15(22)23)10(4-8)16(24)25/h2-6,21H,1H3,(H,22,23)(H,24,25). The number of aromatic hydroxyl groups is 1. The van der Waals surface area contributed by atoms with Crippen molar-refractivity contribution in [2.45, 2.75) is 6.92 Å². The first kappa shape index (κ1) is 16.1. The van der Waals surface area contributed by atoms with Gasteiger partial charge in [-0.2, -0.15) is 0 Å². The van der Waals surface area contributed by atoms with Gasteiger partial charge in [-0.3, -0.25) is 4.79 Å². The number of rotatable bonds is 4. The first-order valence-corrected chi connectivity index (χ1v) is 6.98. The molecule has 2 heterocycles. The van der Waals surface area contributed by atoms with Crippen molar-refractivity contribution in [2.24, 2.45) is 0 Å². The number of carbonyl (C=O) groups is 3. The topological polar surface area (TPSA) is 143 Å². The number of aromatic carboxylic acids is 2.